The van der Waals surface area contributed by atoms with Gasteiger partial charge < -0.3 is 5.11 Å². The van der Waals surface area contributed by atoms with Crippen LogP contribution in [0.25, 0.3) is 0 Å². The number of rotatable bonds is 5. The van der Waals surface area contributed by atoms with Crippen LogP contribution in [0, 0.1) is 18.1 Å². The van der Waals surface area contributed by atoms with Gasteiger partial charge in [-0.3, -0.25) is 4.90 Å². The lowest BCUT2D eigenvalue weighted by Gasteiger charge is -2.25. The van der Waals surface area contributed by atoms with E-state index in [0.717, 1.165) is 38.4 Å². The van der Waals surface area contributed by atoms with Gasteiger partial charge in [0.15, 0.2) is 0 Å². The van der Waals surface area contributed by atoms with Crippen LogP contribution in [-0.2, 0) is 0 Å². The van der Waals surface area contributed by atoms with Crippen LogP contribution in [-0.4, -0.2) is 29.7 Å². The molecule has 4 heteroatoms. The van der Waals surface area contributed by atoms with Crippen LogP contribution in [0.1, 0.15) is 30.9 Å². The molecular weight excluding hydrogens is 236 g/mol. The Morgan fingerprint density at radius 1 is 1.39 bits per heavy atom. The molecule has 1 heterocycles. The summed E-state index contributed by atoms with van der Waals surface area (Å²) in [6.07, 6.45) is 4.42. The van der Waals surface area contributed by atoms with E-state index in [9.17, 15) is 8.78 Å². The lowest BCUT2D eigenvalue weighted by atomic mass is 10.0. The van der Waals surface area contributed by atoms with Gasteiger partial charge in [-0.1, -0.05) is 0 Å². The summed E-state index contributed by atoms with van der Waals surface area (Å²) in [4.78, 5) is 2.16. The monoisotopic (exact) mass is 254 g/mol. The van der Waals surface area contributed by atoms with Crippen molar-refractivity contribution >= 4 is 0 Å². The van der Waals surface area contributed by atoms with Crippen LogP contribution >= 0.6 is 0 Å². The Bertz CT molecular complexity index is 397. The molecule has 0 spiro atoms. The second-order valence-electron chi connectivity index (χ2n) is 4.62. The summed E-state index contributed by atoms with van der Waals surface area (Å²) in [6.45, 7) is 1.74. The van der Waals surface area contributed by atoms with Gasteiger partial charge in [-0.2, -0.15) is 0 Å². The van der Waals surface area contributed by atoms with Gasteiger partial charge >= 0.3 is 0 Å². The highest BCUT2D eigenvalue weighted by Crippen LogP contribution is 2.33. The third kappa shape index (κ3) is 3.06. The van der Waals surface area contributed by atoms with E-state index >= 15 is 0 Å². The van der Waals surface area contributed by atoms with Crippen molar-refractivity contribution in [2.24, 2.45) is 0 Å². The Balaban J connectivity index is 2.08. The number of aliphatic hydroxyl groups is 1. The molecule has 1 aliphatic heterocycles. The number of unbranched alkanes of at least 4 members (excludes halogenated alkanes) is 1. The van der Waals surface area contributed by atoms with Crippen molar-refractivity contribution in [1.82, 2.24) is 4.90 Å². The van der Waals surface area contributed by atoms with Gasteiger partial charge in [0.1, 0.15) is 11.6 Å². The van der Waals surface area contributed by atoms with Gasteiger partial charge in [0.05, 0.1) is 0 Å². The predicted molar refractivity (Wildman–Crippen MR) is 65.9 cm³/mol. The summed E-state index contributed by atoms with van der Waals surface area (Å²) in [7, 11) is 0. The summed E-state index contributed by atoms with van der Waals surface area (Å²) in [5.41, 5.74) is 0.455. The van der Waals surface area contributed by atoms with E-state index in [2.05, 4.69) is 4.90 Å². The average molecular weight is 254 g/mol. The number of nitrogens with zero attached hydrogens (tertiary/aromatic N) is 1. The van der Waals surface area contributed by atoms with Crippen LogP contribution < -0.4 is 0 Å². The minimum absolute atomic E-state index is 0.0345. The standard InChI is InChI=1S/C14H18F2NO/c15-11-5-6-13(16)12(10-11)14-4-3-8-17(14)7-1-2-9-18/h2,5-6,10,14,18H,1,3-4,7-9H2/t14-/m1/s1. The number of aliphatic hydroxyl groups excluding tert-OH is 1. The smallest absolute Gasteiger partial charge is 0.128 e. The summed E-state index contributed by atoms with van der Waals surface area (Å²) in [5.74, 6) is -0.723. The first-order valence-electron chi connectivity index (χ1n) is 6.34. The first kappa shape index (κ1) is 13.4. The second kappa shape index (κ2) is 6.25. The summed E-state index contributed by atoms with van der Waals surface area (Å²) < 4.78 is 27.0. The Morgan fingerprint density at radius 2 is 2.22 bits per heavy atom. The van der Waals surface area contributed by atoms with E-state index in [0.29, 0.717) is 5.56 Å². The van der Waals surface area contributed by atoms with Crippen molar-refractivity contribution in [3.63, 3.8) is 0 Å². The maximum atomic E-state index is 13.7. The molecule has 1 atom stereocenters. The third-order valence-corrected chi connectivity index (χ3v) is 3.43. The Kier molecular flexibility index (Phi) is 4.66. The first-order valence-corrected chi connectivity index (χ1v) is 6.34. The van der Waals surface area contributed by atoms with Gasteiger partial charge in [-0.05, 0) is 57.0 Å². The first-order chi connectivity index (χ1) is 8.72. The molecule has 1 N–H and O–H groups in total. The highest BCUT2D eigenvalue weighted by molar-refractivity contribution is 5.23. The van der Waals surface area contributed by atoms with E-state index in [4.69, 9.17) is 5.11 Å². The molecule has 18 heavy (non-hydrogen) atoms. The molecule has 0 bridgehead atoms. The minimum Gasteiger partial charge on any atom is -0.396 e. The minimum atomic E-state index is -0.389. The SMILES string of the molecule is OC[CH]CCN1CCC[C@@H]1c1cc(F)ccc1F. The Morgan fingerprint density at radius 3 is 3.00 bits per heavy atom. The zero-order valence-electron chi connectivity index (χ0n) is 10.3. The maximum Gasteiger partial charge on any atom is 0.128 e. The quantitative estimate of drug-likeness (QED) is 0.817. The van der Waals surface area contributed by atoms with Crippen molar-refractivity contribution in [3.05, 3.63) is 41.8 Å². The maximum absolute atomic E-state index is 13.7. The van der Waals surface area contributed by atoms with Crippen LogP contribution in [0.2, 0.25) is 0 Å². The zero-order chi connectivity index (χ0) is 13.0. The van der Waals surface area contributed by atoms with Crippen molar-refractivity contribution in [2.75, 3.05) is 19.7 Å². The molecule has 1 radical (unpaired) electrons. The van der Waals surface area contributed by atoms with Crippen LogP contribution in [0.5, 0.6) is 0 Å². The molecule has 2 rings (SSSR count). The van der Waals surface area contributed by atoms with Crippen molar-refractivity contribution in [3.8, 4) is 0 Å². The lowest BCUT2D eigenvalue weighted by Crippen LogP contribution is -2.25. The Hall–Kier alpha value is -1.00. The zero-order valence-corrected chi connectivity index (χ0v) is 10.3. The molecule has 2 nitrogen and oxygen atoms in total. The predicted octanol–water partition coefficient (Wildman–Crippen LogP) is 2.69. The fourth-order valence-corrected chi connectivity index (χ4v) is 2.56. The molecule has 1 saturated heterocycles. The number of likely N-dealkylation sites (tertiary alicyclic amines) is 1. The van der Waals surface area contributed by atoms with Gasteiger partial charge in [-0.25, -0.2) is 8.78 Å². The molecule has 0 aromatic heterocycles. The molecule has 0 saturated carbocycles. The van der Waals surface area contributed by atoms with Gasteiger partial charge in [-0.15, -0.1) is 0 Å². The molecule has 1 fully saturated rings. The van der Waals surface area contributed by atoms with E-state index in [-0.39, 0.29) is 24.3 Å². The van der Waals surface area contributed by atoms with Gasteiger partial charge in [0.25, 0.3) is 0 Å². The van der Waals surface area contributed by atoms with E-state index in [1.165, 1.54) is 12.1 Å². The van der Waals surface area contributed by atoms with Crippen molar-refractivity contribution in [2.45, 2.75) is 25.3 Å². The van der Waals surface area contributed by atoms with Crippen LogP contribution in [0.4, 0.5) is 8.78 Å². The van der Waals surface area contributed by atoms with Crippen molar-refractivity contribution < 1.29 is 13.9 Å². The molecule has 99 valence electrons. The second-order valence-corrected chi connectivity index (χ2v) is 4.62. The number of hydrogen-bond donors (Lipinski definition) is 1. The van der Waals surface area contributed by atoms with Crippen LogP contribution in [0.15, 0.2) is 18.2 Å². The highest BCUT2D eigenvalue weighted by Gasteiger charge is 2.27. The van der Waals surface area contributed by atoms with Gasteiger partial charge in [0, 0.05) is 18.2 Å². The summed E-state index contributed by atoms with van der Waals surface area (Å²) in [5, 5.41) is 8.72. The lowest BCUT2D eigenvalue weighted by molar-refractivity contribution is 0.246. The molecule has 1 aromatic carbocycles. The summed E-state index contributed by atoms with van der Waals surface area (Å²) >= 11 is 0. The fraction of sp³-hybridized carbons (Fsp3) is 0.500. The molecule has 1 aromatic rings. The number of benzene rings is 1. The average Bonchev–Trinajstić information content (AvgIpc) is 2.81. The normalized spacial score (nSPS) is 20.5. The number of halogens is 2. The number of hydrogen-bond acceptors (Lipinski definition) is 2. The van der Waals surface area contributed by atoms with E-state index in [1.54, 1.807) is 6.42 Å². The van der Waals surface area contributed by atoms with Crippen LogP contribution in [0.3, 0.4) is 0 Å². The topological polar surface area (TPSA) is 23.5 Å². The van der Waals surface area contributed by atoms with E-state index in [1.807, 2.05) is 0 Å². The molecule has 1 aliphatic rings. The fourth-order valence-electron chi connectivity index (χ4n) is 2.56. The molecule has 0 aliphatic carbocycles. The highest BCUT2D eigenvalue weighted by atomic mass is 19.1. The van der Waals surface area contributed by atoms with E-state index < -0.39 is 0 Å². The van der Waals surface area contributed by atoms with Crippen molar-refractivity contribution in [1.29, 1.82) is 0 Å². The largest absolute Gasteiger partial charge is 0.396 e. The summed E-state index contributed by atoms with van der Waals surface area (Å²) in [6, 6.07) is 3.61. The molecule has 0 unspecified atom stereocenters. The molecular formula is C14H18F2NO. The Labute approximate surface area is 106 Å². The van der Waals surface area contributed by atoms with Gasteiger partial charge in [0.2, 0.25) is 0 Å². The third-order valence-electron chi connectivity index (χ3n) is 3.43. The molecule has 0 amide bonds.